The molecule has 18 heavy (non-hydrogen) atoms. The van der Waals surface area contributed by atoms with E-state index in [0.29, 0.717) is 12.8 Å². The molecule has 0 saturated carbocycles. The maximum absolute atomic E-state index is 11.4. The molecule has 98 valence electrons. The molecule has 1 aromatic heterocycles. The second-order valence-electron chi connectivity index (χ2n) is 3.85. The van der Waals surface area contributed by atoms with Crippen molar-refractivity contribution in [3.63, 3.8) is 0 Å². The van der Waals surface area contributed by atoms with Crippen LogP contribution in [0, 0.1) is 0 Å². The van der Waals surface area contributed by atoms with E-state index in [1.54, 1.807) is 12.4 Å². The van der Waals surface area contributed by atoms with Gasteiger partial charge in [-0.1, -0.05) is 0 Å². The number of rotatable bonds is 7. The number of aliphatic hydroxyl groups is 1. The molecule has 6 heteroatoms. The highest BCUT2D eigenvalue weighted by molar-refractivity contribution is 5.76. The van der Waals surface area contributed by atoms with Crippen LogP contribution in [0.2, 0.25) is 0 Å². The third-order valence-corrected chi connectivity index (χ3v) is 2.42. The molecule has 1 heterocycles. The molecule has 0 spiro atoms. The first-order valence-electron chi connectivity index (χ1n) is 5.66. The third-order valence-electron chi connectivity index (χ3n) is 2.42. The SMILES string of the molecule is O=C(CCc1ccncc1)NCC[C@H](O)C(=O)O. The Kier molecular flexibility index (Phi) is 5.79. The van der Waals surface area contributed by atoms with Crippen LogP contribution in [0.25, 0.3) is 0 Å². The maximum Gasteiger partial charge on any atom is 0.332 e. The monoisotopic (exact) mass is 252 g/mol. The van der Waals surface area contributed by atoms with E-state index < -0.39 is 12.1 Å². The molecule has 0 aliphatic heterocycles. The predicted octanol–water partition coefficient (Wildman–Crippen LogP) is -0.0340. The first-order valence-corrected chi connectivity index (χ1v) is 5.66. The zero-order valence-corrected chi connectivity index (χ0v) is 9.87. The smallest absolute Gasteiger partial charge is 0.332 e. The summed E-state index contributed by atoms with van der Waals surface area (Å²) in [6.45, 7) is 0.155. The fraction of sp³-hybridized carbons (Fsp3) is 0.417. The van der Waals surface area contributed by atoms with Crippen molar-refractivity contribution < 1.29 is 19.8 Å². The Morgan fingerprint density at radius 3 is 2.61 bits per heavy atom. The molecule has 0 bridgehead atoms. The molecular formula is C12H16N2O4. The lowest BCUT2D eigenvalue weighted by molar-refractivity contribution is -0.147. The van der Waals surface area contributed by atoms with Crippen LogP contribution in [0.15, 0.2) is 24.5 Å². The number of aryl methyl sites for hydroxylation is 1. The summed E-state index contributed by atoms with van der Waals surface area (Å²) < 4.78 is 0. The predicted molar refractivity (Wildman–Crippen MR) is 63.8 cm³/mol. The number of aliphatic carboxylic acids is 1. The minimum absolute atomic E-state index is 0.0102. The number of nitrogens with zero attached hydrogens (tertiary/aromatic N) is 1. The zero-order chi connectivity index (χ0) is 13.4. The minimum atomic E-state index is -1.43. The van der Waals surface area contributed by atoms with Crippen molar-refractivity contribution in [2.75, 3.05) is 6.54 Å². The van der Waals surface area contributed by atoms with Crippen LogP contribution in [-0.4, -0.2) is 39.7 Å². The number of carboxylic acid groups (broad SMARTS) is 1. The van der Waals surface area contributed by atoms with E-state index in [0.717, 1.165) is 5.56 Å². The molecule has 1 rings (SSSR count). The van der Waals surface area contributed by atoms with Crippen molar-refractivity contribution in [2.45, 2.75) is 25.4 Å². The van der Waals surface area contributed by atoms with Crippen LogP contribution >= 0.6 is 0 Å². The highest BCUT2D eigenvalue weighted by Gasteiger charge is 2.12. The summed E-state index contributed by atoms with van der Waals surface area (Å²) in [4.78, 5) is 25.6. The number of carbonyl (C=O) groups is 2. The fourth-order valence-electron chi connectivity index (χ4n) is 1.37. The lowest BCUT2D eigenvalue weighted by Crippen LogP contribution is -2.30. The van der Waals surface area contributed by atoms with Crippen LogP contribution in [0.4, 0.5) is 0 Å². The normalized spacial score (nSPS) is 11.8. The van der Waals surface area contributed by atoms with Crippen LogP contribution in [0.3, 0.4) is 0 Å². The second kappa shape index (κ2) is 7.39. The Morgan fingerprint density at radius 2 is 2.00 bits per heavy atom. The van der Waals surface area contributed by atoms with Gasteiger partial charge in [0.25, 0.3) is 0 Å². The van der Waals surface area contributed by atoms with Crippen molar-refractivity contribution in [1.82, 2.24) is 10.3 Å². The Bertz CT molecular complexity index is 394. The van der Waals surface area contributed by atoms with Gasteiger partial charge in [0.1, 0.15) is 0 Å². The summed E-state index contributed by atoms with van der Waals surface area (Å²) in [5, 5.41) is 20.0. The van der Waals surface area contributed by atoms with E-state index in [2.05, 4.69) is 10.3 Å². The number of aliphatic hydroxyl groups excluding tert-OH is 1. The molecular weight excluding hydrogens is 236 g/mol. The van der Waals surface area contributed by atoms with Crippen LogP contribution in [-0.2, 0) is 16.0 Å². The molecule has 0 radical (unpaired) electrons. The number of hydrogen-bond acceptors (Lipinski definition) is 4. The van der Waals surface area contributed by atoms with Gasteiger partial charge in [-0.25, -0.2) is 4.79 Å². The number of nitrogens with one attached hydrogen (secondary N) is 1. The van der Waals surface area contributed by atoms with Crippen LogP contribution in [0.1, 0.15) is 18.4 Å². The van der Waals surface area contributed by atoms with Gasteiger partial charge in [-0.3, -0.25) is 9.78 Å². The lowest BCUT2D eigenvalue weighted by Gasteiger charge is -2.07. The Balaban J connectivity index is 2.17. The van der Waals surface area contributed by atoms with E-state index >= 15 is 0 Å². The van der Waals surface area contributed by atoms with Crippen molar-refractivity contribution >= 4 is 11.9 Å². The van der Waals surface area contributed by atoms with Gasteiger partial charge in [-0.2, -0.15) is 0 Å². The van der Waals surface area contributed by atoms with Crippen molar-refractivity contribution in [1.29, 1.82) is 0 Å². The number of amides is 1. The number of hydrogen-bond donors (Lipinski definition) is 3. The van der Waals surface area contributed by atoms with E-state index in [1.807, 2.05) is 12.1 Å². The summed E-state index contributed by atoms with van der Waals surface area (Å²) >= 11 is 0. The second-order valence-corrected chi connectivity index (χ2v) is 3.85. The van der Waals surface area contributed by atoms with E-state index in [4.69, 9.17) is 10.2 Å². The molecule has 0 fully saturated rings. The van der Waals surface area contributed by atoms with E-state index in [9.17, 15) is 9.59 Å². The molecule has 0 saturated heterocycles. The minimum Gasteiger partial charge on any atom is -0.479 e. The molecule has 6 nitrogen and oxygen atoms in total. The standard InChI is InChI=1S/C12H16N2O4/c15-10(12(17)18)5-8-14-11(16)2-1-9-3-6-13-7-4-9/h3-4,6-7,10,15H,1-2,5,8H2,(H,14,16)(H,17,18)/t10-/m0/s1. The molecule has 1 aromatic rings. The van der Waals surface area contributed by atoms with E-state index in [-0.39, 0.29) is 18.9 Å². The van der Waals surface area contributed by atoms with Crippen LogP contribution in [0.5, 0.6) is 0 Å². The van der Waals surface area contributed by atoms with Gasteiger partial charge in [-0.15, -0.1) is 0 Å². The number of pyridine rings is 1. The van der Waals surface area contributed by atoms with Crippen molar-refractivity contribution in [3.05, 3.63) is 30.1 Å². The van der Waals surface area contributed by atoms with Gasteiger partial charge in [0, 0.05) is 31.8 Å². The Hall–Kier alpha value is -1.95. The van der Waals surface area contributed by atoms with Gasteiger partial charge in [0.05, 0.1) is 0 Å². The molecule has 3 N–H and O–H groups in total. The van der Waals surface area contributed by atoms with Crippen molar-refractivity contribution in [2.24, 2.45) is 0 Å². The first-order chi connectivity index (χ1) is 8.59. The topological polar surface area (TPSA) is 99.5 Å². The Morgan fingerprint density at radius 1 is 1.33 bits per heavy atom. The summed E-state index contributed by atoms with van der Waals surface area (Å²) in [7, 11) is 0. The van der Waals surface area contributed by atoms with Gasteiger partial charge in [-0.05, 0) is 24.1 Å². The number of aromatic nitrogens is 1. The fourth-order valence-corrected chi connectivity index (χ4v) is 1.37. The third kappa shape index (κ3) is 5.40. The summed E-state index contributed by atoms with van der Waals surface area (Å²) in [6, 6.07) is 3.67. The van der Waals surface area contributed by atoms with Gasteiger partial charge < -0.3 is 15.5 Å². The maximum atomic E-state index is 11.4. The summed E-state index contributed by atoms with van der Waals surface area (Å²) in [5.41, 5.74) is 1.02. The molecule has 0 aliphatic carbocycles. The molecule has 1 amide bonds. The average Bonchev–Trinajstić information content (AvgIpc) is 2.37. The molecule has 0 aliphatic rings. The first kappa shape index (κ1) is 14.1. The molecule has 1 atom stereocenters. The lowest BCUT2D eigenvalue weighted by atomic mass is 10.1. The highest BCUT2D eigenvalue weighted by atomic mass is 16.4. The molecule has 0 aromatic carbocycles. The van der Waals surface area contributed by atoms with Crippen molar-refractivity contribution in [3.8, 4) is 0 Å². The number of carboxylic acids is 1. The van der Waals surface area contributed by atoms with Gasteiger partial charge in [0.15, 0.2) is 6.10 Å². The van der Waals surface area contributed by atoms with E-state index in [1.165, 1.54) is 0 Å². The molecule has 0 unspecified atom stereocenters. The van der Waals surface area contributed by atoms with Crippen LogP contribution < -0.4 is 5.32 Å². The highest BCUT2D eigenvalue weighted by Crippen LogP contribution is 2.00. The number of carbonyl (C=O) groups excluding carboxylic acids is 1. The quantitative estimate of drug-likeness (QED) is 0.632. The van der Waals surface area contributed by atoms with Gasteiger partial charge >= 0.3 is 5.97 Å². The Labute approximate surface area is 105 Å². The summed E-state index contributed by atoms with van der Waals surface area (Å²) in [5.74, 6) is -1.44. The largest absolute Gasteiger partial charge is 0.479 e. The zero-order valence-electron chi connectivity index (χ0n) is 9.87. The summed E-state index contributed by atoms with van der Waals surface area (Å²) in [6.07, 6.45) is 2.84. The van der Waals surface area contributed by atoms with Gasteiger partial charge in [0.2, 0.25) is 5.91 Å². The average molecular weight is 252 g/mol.